The Morgan fingerprint density at radius 2 is 1.86 bits per heavy atom. The summed E-state index contributed by atoms with van der Waals surface area (Å²) in [6.45, 7) is 5.84. The summed E-state index contributed by atoms with van der Waals surface area (Å²) in [7, 11) is 0. The summed E-state index contributed by atoms with van der Waals surface area (Å²) in [6.07, 6.45) is 1.54. The van der Waals surface area contributed by atoms with Gasteiger partial charge in [0.25, 0.3) is 11.9 Å². The van der Waals surface area contributed by atoms with Crippen molar-refractivity contribution < 1.29 is 4.79 Å². The number of carbonyl (C=O) groups is 1. The third kappa shape index (κ3) is 2.87. The maximum atomic E-state index is 12.8. The SMILES string of the molecule is Cc1sc2nc(NC(=O)c3cnn(-c4ccc5ccccc5n4)c3C)nn2c1C. The average molecular weight is 403 g/mol. The van der Waals surface area contributed by atoms with Gasteiger partial charge in [0, 0.05) is 10.3 Å². The molecule has 9 heteroatoms. The highest BCUT2D eigenvalue weighted by Gasteiger charge is 2.19. The zero-order chi connectivity index (χ0) is 20.1. The van der Waals surface area contributed by atoms with Crippen molar-refractivity contribution in [2.75, 3.05) is 5.32 Å². The van der Waals surface area contributed by atoms with Crippen LogP contribution in [0.25, 0.3) is 21.7 Å². The highest BCUT2D eigenvalue weighted by Crippen LogP contribution is 2.22. The lowest BCUT2D eigenvalue weighted by atomic mass is 10.2. The van der Waals surface area contributed by atoms with Crippen LogP contribution >= 0.6 is 11.3 Å². The van der Waals surface area contributed by atoms with Gasteiger partial charge in [0.2, 0.25) is 4.96 Å². The van der Waals surface area contributed by atoms with Gasteiger partial charge in [0.05, 0.1) is 28.7 Å². The molecule has 0 saturated carbocycles. The predicted octanol–water partition coefficient (Wildman–Crippen LogP) is 3.70. The standard InChI is InChI=1S/C20H17N7OS/c1-11-13(3)29-20-24-19(25-27(11)20)23-18(28)15-10-21-26(12(15)2)17-9-8-14-6-4-5-7-16(14)22-17/h4-10H,1-3H3,(H,23,25,28). The van der Waals surface area contributed by atoms with Gasteiger partial charge < -0.3 is 0 Å². The van der Waals surface area contributed by atoms with Gasteiger partial charge in [0.15, 0.2) is 5.82 Å². The van der Waals surface area contributed by atoms with Gasteiger partial charge in [-0.2, -0.15) is 10.1 Å². The van der Waals surface area contributed by atoms with E-state index < -0.39 is 0 Å². The fraction of sp³-hybridized carbons (Fsp3) is 0.150. The molecule has 1 N–H and O–H groups in total. The van der Waals surface area contributed by atoms with E-state index in [1.165, 1.54) is 6.20 Å². The van der Waals surface area contributed by atoms with Crippen molar-refractivity contribution in [3.8, 4) is 5.82 Å². The van der Waals surface area contributed by atoms with Crippen LogP contribution in [0.5, 0.6) is 0 Å². The van der Waals surface area contributed by atoms with Gasteiger partial charge >= 0.3 is 0 Å². The zero-order valence-electron chi connectivity index (χ0n) is 16.0. The number of carbonyl (C=O) groups excluding carboxylic acids is 1. The third-order valence-corrected chi connectivity index (χ3v) is 5.98. The molecule has 5 aromatic rings. The third-order valence-electron chi connectivity index (χ3n) is 4.93. The van der Waals surface area contributed by atoms with Gasteiger partial charge in [-0.1, -0.05) is 29.5 Å². The van der Waals surface area contributed by atoms with E-state index in [1.54, 1.807) is 20.5 Å². The molecule has 144 valence electrons. The molecule has 0 saturated heterocycles. The lowest BCUT2D eigenvalue weighted by Gasteiger charge is -2.06. The molecule has 4 heterocycles. The normalized spacial score (nSPS) is 11.4. The van der Waals surface area contributed by atoms with Gasteiger partial charge in [-0.25, -0.2) is 14.2 Å². The lowest BCUT2D eigenvalue weighted by molar-refractivity contribution is 0.102. The largest absolute Gasteiger partial charge is 0.289 e. The van der Waals surface area contributed by atoms with E-state index in [0.717, 1.165) is 26.4 Å². The number of thiazole rings is 1. The molecule has 0 atom stereocenters. The fourth-order valence-corrected chi connectivity index (χ4v) is 4.11. The Balaban J connectivity index is 1.45. The van der Waals surface area contributed by atoms with Crippen molar-refractivity contribution in [1.29, 1.82) is 0 Å². The quantitative estimate of drug-likeness (QED) is 0.496. The Bertz CT molecular complexity index is 1390. The molecule has 1 aromatic carbocycles. The molecule has 29 heavy (non-hydrogen) atoms. The van der Waals surface area contributed by atoms with Crippen LogP contribution in [0.3, 0.4) is 0 Å². The molecule has 0 aliphatic carbocycles. The second-order valence-corrected chi connectivity index (χ2v) is 7.93. The van der Waals surface area contributed by atoms with E-state index in [2.05, 4.69) is 25.5 Å². The van der Waals surface area contributed by atoms with Crippen LogP contribution in [-0.2, 0) is 0 Å². The highest BCUT2D eigenvalue weighted by molar-refractivity contribution is 7.17. The van der Waals surface area contributed by atoms with E-state index >= 15 is 0 Å². The van der Waals surface area contributed by atoms with E-state index in [-0.39, 0.29) is 11.9 Å². The Hall–Kier alpha value is -3.59. The van der Waals surface area contributed by atoms with E-state index in [9.17, 15) is 4.79 Å². The second kappa shape index (κ2) is 6.49. The molecule has 0 aliphatic heterocycles. The van der Waals surface area contributed by atoms with Gasteiger partial charge in [-0.15, -0.1) is 5.10 Å². The van der Waals surface area contributed by atoms with Crippen LogP contribution in [0.4, 0.5) is 5.95 Å². The predicted molar refractivity (Wildman–Crippen MR) is 112 cm³/mol. The van der Waals surface area contributed by atoms with E-state index in [4.69, 9.17) is 0 Å². The van der Waals surface area contributed by atoms with Crippen LogP contribution in [0, 0.1) is 20.8 Å². The van der Waals surface area contributed by atoms with Crippen molar-refractivity contribution in [2.45, 2.75) is 20.8 Å². The number of nitrogens with zero attached hydrogens (tertiary/aromatic N) is 6. The van der Waals surface area contributed by atoms with Gasteiger partial charge in [0.1, 0.15) is 0 Å². The van der Waals surface area contributed by atoms with Gasteiger partial charge in [-0.3, -0.25) is 10.1 Å². The molecule has 1 amide bonds. The van der Waals surface area contributed by atoms with Crippen molar-refractivity contribution in [3.05, 3.63) is 64.4 Å². The first-order chi connectivity index (χ1) is 14.0. The number of aromatic nitrogens is 6. The minimum Gasteiger partial charge on any atom is -0.289 e. The van der Waals surface area contributed by atoms with E-state index in [1.807, 2.05) is 57.2 Å². The topological polar surface area (TPSA) is 90.0 Å². The van der Waals surface area contributed by atoms with Crippen LogP contribution in [0.1, 0.15) is 26.6 Å². The van der Waals surface area contributed by atoms with Crippen molar-refractivity contribution in [2.24, 2.45) is 0 Å². The molecule has 0 unspecified atom stereocenters. The van der Waals surface area contributed by atoms with Crippen LogP contribution in [0.15, 0.2) is 42.6 Å². The molecule has 0 bridgehead atoms. The monoisotopic (exact) mass is 403 g/mol. The second-order valence-electron chi connectivity index (χ2n) is 6.75. The maximum Gasteiger partial charge on any atom is 0.261 e. The summed E-state index contributed by atoms with van der Waals surface area (Å²) in [5.74, 6) is 0.634. The molecule has 5 rings (SSSR count). The number of anilines is 1. The molecule has 0 spiro atoms. The number of amides is 1. The molecule has 0 aliphatic rings. The zero-order valence-corrected chi connectivity index (χ0v) is 16.9. The molecule has 8 nitrogen and oxygen atoms in total. The Morgan fingerprint density at radius 3 is 2.69 bits per heavy atom. The number of hydrogen-bond donors (Lipinski definition) is 1. The number of hydrogen-bond acceptors (Lipinski definition) is 6. The molecular formula is C20H17N7OS. The molecule has 4 aromatic heterocycles. The number of fused-ring (bicyclic) bond motifs is 2. The molecular weight excluding hydrogens is 386 g/mol. The Kier molecular flexibility index (Phi) is 3.92. The Morgan fingerprint density at radius 1 is 1.03 bits per heavy atom. The van der Waals surface area contributed by atoms with Crippen molar-refractivity contribution in [1.82, 2.24) is 29.4 Å². The summed E-state index contributed by atoms with van der Waals surface area (Å²) in [5.41, 5.74) is 3.03. The smallest absolute Gasteiger partial charge is 0.261 e. The number of pyridine rings is 1. The van der Waals surface area contributed by atoms with Gasteiger partial charge in [-0.05, 0) is 39.0 Å². The summed E-state index contributed by atoms with van der Waals surface area (Å²) in [5, 5.41) is 12.6. The summed E-state index contributed by atoms with van der Waals surface area (Å²) in [4.78, 5) is 23.7. The average Bonchev–Trinajstić information content (AvgIpc) is 3.36. The number of rotatable bonds is 3. The number of aryl methyl sites for hydroxylation is 2. The first-order valence-electron chi connectivity index (χ1n) is 9.06. The minimum atomic E-state index is -0.304. The maximum absolute atomic E-state index is 12.8. The van der Waals surface area contributed by atoms with Crippen LogP contribution in [0.2, 0.25) is 0 Å². The molecule has 0 radical (unpaired) electrons. The fourth-order valence-electron chi connectivity index (χ4n) is 3.20. The summed E-state index contributed by atoms with van der Waals surface area (Å²) in [6, 6.07) is 11.8. The van der Waals surface area contributed by atoms with Crippen LogP contribution in [-0.4, -0.2) is 35.3 Å². The first-order valence-corrected chi connectivity index (χ1v) is 9.88. The highest BCUT2D eigenvalue weighted by atomic mass is 32.1. The Labute approximate surface area is 169 Å². The first kappa shape index (κ1) is 17.5. The number of benzene rings is 1. The number of para-hydroxylation sites is 1. The lowest BCUT2D eigenvalue weighted by Crippen LogP contribution is -2.14. The number of nitrogens with one attached hydrogen (secondary N) is 1. The van der Waals surface area contributed by atoms with Crippen molar-refractivity contribution in [3.63, 3.8) is 0 Å². The van der Waals surface area contributed by atoms with Crippen molar-refractivity contribution >= 4 is 39.1 Å². The summed E-state index contributed by atoms with van der Waals surface area (Å²) >= 11 is 1.54. The minimum absolute atomic E-state index is 0.278. The summed E-state index contributed by atoms with van der Waals surface area (Å²) < 4.78 is 3.40. The van der Waals surface area contributed by atoms with E-state index in [0.29, 0.717) is 17.1 Å². The van der Waals surface area contributed by atoms with Crippen LogP contribution < -0.4 is 5.32 Å². The molecule has 0 fully saturated rings.